The SMILES string of the molecule is NC(=O)c1ccccc1NCc1nc(-c2ccc(-n3cnc4ccccc43)nc2)no1. The number of fused-ring (bicyclic) bond motifs is 1. The van der Waals surface area contributed by atoms with Crippen LogP contribution in [-0.2, 0) is 6.54 Å². The van der Waals surface area contributed by atoms with Gasteiger partial charge in [0.1, 0.15) is 12.1 Å². The van der Waals surface area contributed by atoms with E-state index >= 15 is 0 Å². The van der Waals surface area contributed by atoms with E-state index < -0.39 is 5.91 Å². The minimum absolute atomic E-state index is 0.254. The molecule has 0 bridgehead atoms. The van der Waals surface area contributed by atoms with Crippen LogP contribution in [0.2, 0.25) is 0 Å². The number of primary amides is 1. The van der Waals surface area contributed by atoms with Crippen LogP contribution < -0.4 is 11.1 Å². The fourth-order valence-corrected chi connectivity index (χ4v) is 3.27. The minimum Gasteiger partial charge on any atom is -0.375 e. The van der Waals surface area contributed by atoms with Gasteiger partial charge >= 0.3 is 0 Å². The van der Waals surface area contributed by atoms with Crippen LogP contribution in [0.25, 0.3) is 28.2 Å². The molecule has 3 heterocycles. The Kier molecular flexibility index (Phi) is 4.60. The molecule has 2 aromatic carbocycles. The van der Waals surface area contributed by atoms with Crippen LogP contribution >= 0.6 is 0 Å². The van der Waals surface area contributed by atoms with Gasteiger partial charge in [-0.3, -0.25) is 9.36 Å². The van der Waals surface area contributed by atoms with E-state index in [9.17, 15) is 4.79 Å². The van der Waals surface area contributed by atoms with Gasteiger partial charge in [0, 0.05) is 17.4 Å². The number of rotatable bonds is 6. The molecular formula is C22H17N7O2. The monoisotopic (exact) mass is 411 g/mol. The molecule has 0 radical (unpaired) electrons. The molecule has 9 nitrogen and oxygen atoms in total. The molecule has 0 atom stereocenters. The van der Waals surface area contributed by atoms with Gasteiger partial charge < -0.3 is 15.6 Å². The molecule has 0 aliphatic carbocycles. The molecule has 3 aromatic heterocycles. The maximum Gasteiger partial charge on any atom is 0.250 e. The van der Waals surface area contributed by atoms with Gasteiger partial charge in [-0.25, -0.2) is 9.97 Å². The second kappa shape index (κ2) is 7.71. The third kappa shape index (κ3) is 3.60. The maximum atomic E-state index is 11.5. The number of anilines is 1. The van der Waals surface area contributed by atoms with Crippen molar-refractivity contribution in [2.45, 2.75) is 6.54 Å². The molecule has 5 rings (SSSR count). The number of nitrogens with one attached hydrogen (secondary N) is 1. The zero-order chi connectivity index (χ0) is 21.2. The molecule has 0 fully saturated rings. The van der Waals surface area contributed by atoms with Crippen molar-refractivity contribution in [2.24, 2.45) is 5.73 Å². The van der Waals surface area contributed by atoms with E-state index in [0.717, 1.165) is 22.4 Å². The molecule has 9 heteroatoms. The minimum atomic E-state index is -0.508. The fourth-order valence-electron chi connectivity index (χ4n) is 3.27. The molecule has 0 unspecified atom stereocenters. The average molecular weight is 411 g/mol. The predicted molar refractivity (Wildman–Crippen MR) is 114 cm³/mol. The number of carbonyl (C=O) groups is 1. The number of imidazole rings is 1. The summed E-state index contributed by atoms with van der Waals surface area (Å²) in [6, 6.07) is 18.6. The maximum absolute atomic E-state index is 11.5. The van der Waals surface area contributed by atoms with E-state index in [-0.39, 0.29) is 6.54 Å². The molecule has 1 amide bonds. The second-order valence-electron chi connectivity index (χ2n) is 6.78. The van der Waals surface area contributed by atoms with E-state index in [0.29, 0.717) is 23.0 Å². The lowest BCUT2D eigenvalue weighted by molar-refractivity contribution is 0.100. The normalized spacial score (nSPS) is 11.0. The summed E-state index contributed by atoms with van der Waals surface area (Å²) in [6.45, 7) is 0.254. The van der Waals surface area contributed by atoms with Crippen LogP contribution in [0.5, 0.6) is 0 Å². The summed E-state index contributed by atoms with van der Waals surface area (Å²) < 4.78 is 7.24. The highest BCUT2D eigenvalue weighted by Gasteiger charge is 2.12. The lowest BCUT2D eigenvalue weighted by atomic mass is 10.1. The number of nitrogens with two attached hydrogens (primary N) is 1. The first-order valence-corrected chi connectivity index (χ1v) is 9.53. The molecule has 152 valence electrons. The lowest BCUT2D eigenvalue weighted by Crippen LogP contribution is -2.14. The first-order chi connectivity index (χ1) is 15.2. The second-order valence-corrected chi connectivity index (χ2v) is 6.78. The van der Waals surface area contributed by atoms with E-state index in [1.54, 1.807) is 30.7 Å². The van der Waals surface area contributed by atoms with Gasteiger partial charge in [0.25, 0.3) is 5.91 Å². The smallest absolute Gasteiger partial charge is 0.250 e. The van der Waals surface area contributed by atoms with Crippen molar-refractivity contribution in [3.05, 3.63) is 84.6 Å². The Balaban J connectivity index is 1.33. The van der Waals surface area contributed by atoms with Gasteiger partial charge in [-0.05, 0) is 36.4 Å². The Hall–Kier alpha value is -4.53. The molecule has 31 heavy (non-hydrogen) atoms. The predicted octanol–water partition coefficient (Wildman–Crippen LogP) is 3.18. The largest absolute Gasteiger partial charge is 0.375 e. The number of para-hydroxylation sites is 3. The van der Waals surface area contributed by atoms with Crippen molar-refractivity contribution in [1.29, 1.82) is 0 Å². The molecule has 0 saturated heterocycles. The van der Waals surface area contributed by atoms with Crippen molar-refractivity contribution >= 4 is 22.6 Å². The van der Waals surface area contributed by atoms with Crippen molar-refractivity contribution < 1.29 is 9.32 Å². The highest BCUT2D eigenvalue weighted by Crippen LogP contribution is 2.20. The van der Waals surface area contributed by atoms with Gasteiger partial charge in [-0.15, -0.1) is 0 Å². The summed E-state index contributed by atoms with van der Waals surface area (Å²) >= 11 is 0. The number of hydrogen-bond acceptors (Lipinski definition) is 7. The van der Waals surface area contributed by atoms with E-state index in [4.69, 9.17) is 10.3 Å². The highest BCUT2D eigenvalue weighted by atomic mass is 16.5. The van der Waals surface area contributed by atoms with Crippen LogP contribution in [-0.4, -0.2) is 30.6 Å². The number of benzene rings is 2. The average Bonchev–Trinajstić information content (AvgIpc) is 3.45. The first kappa shape index (κ1) is 18.5. The van der Waals surface area contributed by atoms with E-state index in [1.807, 2.05) is 47.0 Å². The van der Waals surface area contributed by atoms with Crippen molar-refractivity contribution in [2.75, 3.05) is 5.32 Å². The molecule has 0 saturated carbocycles. The standard InChI is InChI=1S/C22H17N7O2/c23-21(30)15-5-1-2-6-16(15)24-12-20-27-22(28-31-20)14-9-10-19(25-11-14)29-13-26-17-7-3-4-8-18(17)29/h1-11,13,24H,12H2,(H2,23,30). The van der Waals surface area contributed by atoms with Crippen molar-refractivity contribution in [3.8, 4) is 17.2 Å². The third-order valence-electron chi connectivity index (χ3n) is 4.80. The Labute approximate surface area is 176 Å². The lowest BCUT2D eigenvalue weighted by Gasteiger charge is -2.07. The van der Waals surface area contributed by atoms with Crippen molar-refractivity contribution in [1.82, 2.24) is 24.7 Å². The van der Waals surface area contributed by atoms with Crippen molar-refractivity contribution in [3.63, 3.8) is 0 Å². The van der Waals surface area contributed by atoms with Crippen LogP contribution in [0.4, 0.5) is 5.69 Å². The summed E-state index contributed by atoms with van der Waals surface area (Å²) in [7, 11) is 0. The Morgan fingerprint density at radius 3 is 2.71 bits per heavy atom. The molecule has 3 N–H and O–H groups in total. The number of pyridine rings is 1. The van der Waals surface area contributed by atoms with Gasteiger partial charge in [0.05, 0.1) is 23.1 Å². The number of nitrogens with zero attached hydrogens (tertiary/aromatic N) is 5. The fraction of sp³-hybridized carbons (Fsp3) is 0.0455. The van der Waals surface area contributed by atoms with Gasteiger partial charge in [0.2, 0.25) is 11.7 Å². The Morgan fingerprint density at radius 1 is 1.03 bits per heavy atom. The summed E-state index contributed by atoms with van der Waals surface area (Å²) in [5, 5.41) is 7.12. The molecule has 0 aliphatic heterocycles. The summed E-state index contributed by atoms with van der Waals surface area (Å²) in [4.78, 5) is 24.8. The van der Waals surface area contributed by atoms with Crippen LogP contribution in [0.15, 0.2) is 77.7 Å². The number of aromatic nitrogens is 5. The topological polar surface area (TPSA) is 125 Å². The van der Waals surface area contributed by atoms with Crippen LogP contribution in [0.3, 0.4) is 0 Å². The van der Waals surface area contributed by atoms with Crippen LogP contribution in [0.1, 0.15) is 16.2 Å². The summed E-state index contributed by atoms with van der Waals surface area (Å²) in [5.74, 6) is 1.03. The zero-order valence-electron chi connectivity index (χ0n) is 16.3. The molecular weight excluding hydrogens is 394 g/mol. The van der Waals surface area contributed by atoms with Gasteiger partial charge in [0.15, 0.2) is 0 Å². The summed E-state index contributed by atoms with van der Waals surface area (Å²) in [6.07, 6.45) is 3.43. The highest BCUT2D eigenvalue weighted by molar-refractivity contribution is 5.98. The zero-order valence-corrected chi connectivity index (χ0v) is 16.3. The quantitative estimate of drug-likeness (QED) is 0.440. The van der Waals surface area contributed by atoms with Gasteiger partial charge in [-0.2, -0.15) is 4.98 Å². The van der Waals surface area contributed by atoms with Crippen LogP contribution in [0, 0.1) is 0 Å². The number of carbonyl (C=O) groups excluding carboxylic acids is 1. The van der Waals surface area contributed by atoms with E-state index in [1.165, 1.54) is 0 Å². The number of hydrogen-bond donors (Lipinski definition) is 2. The summed E-state index contributed by atoms with van der Waals surface area (Å²) in [5.41, 5.74) is 9.01. The molecule has 0 aliphatic rings. The molecule has 5 aromatic rings. The Morgan fingerprint density at radius 2 is 1.87 bits per heavy atom. The van der Waals surface area contributed by atoms with E-state index in [2.05, 4.69) is 25.4 Å². The Bertz CT molecular complexity index is 1370. The third-order valence-corrected chi connectivity index (χ3v) is 4.80. The van der Waals surface area contributed by atoms with Gasteiger partial charge in [-0.1, -0.05) is 29.4 Å². The first-order valence-electron chi connectivity index (χ1n) is 9.53. The molecule has 0 spiro atoms. The number of amides is 1.